The highest BCUT2D eigenvalue weighted by molar-refractivity contribution is 5.82. The van der Waals surface area contributed by atoms with Gasteiger partial charge in [0.2, 0.25) is 5.91 Å². The van der Waals surface area contributed by atoms with Crippen molar-refractivity contribution >= 4 is 12.1 Å². The molecule has 0 rings (SSSR count). The fourth-order valence-electron chi connectivity index (χ4n) is 0.666. The molecule has 3 heteroatoms. The number of rotatable bonds is 4. The van der Waals surface area contributed by atoms with Gasteiger partial charge in [-0.15, -0.1) is 0 Å². The highest BCUT2D eigenvalue weighted by Crippen LogP contribution is 1.91. The number of aliphatic imine (C=N–C) groups is 1. The lowest BCUT2D eigenvalue weighted by Crippen LogP contribution is -2.11. The first-order valence-electron chi connectivity index (χ1n) is 4.30. The first kappa shape index (κ1) is 11.6. The summed E-state index contributed by atoms with van der Waals surface area (Å²) in [6.45, 7) is 6.14. The molecule has 0 unspecified atom stereocenters. The summed E-state index contributed by atoms with van der Waals surface area (Å²) >= 11 is 0. The van der Waals surface area contributed by atoms with Gasteiger partial charge in [0.15, 0.2) is 0 Å². The number of amides is 1. The Morgan fingerprint density at radius 3 is 2.77 bits per heavy atom. The maximum Gasteiger partial charge on any atom is 0.220 e. The topological polar surface area (TPSA) is 41.5 Å². The maximum atomic E-state index is 10.5. The number of nitrogens with one attached hydrogen (secondary N) is 1. The van der Waals surface area contributed by atoms with E-state index in [1.165, 1.54) is 6.92 Å². The quantitative estimate of drug-likeness (QED) is 0.523. The second kappa shape index (κ2) is 7.28. The predicted molar refractivity (Wildman–Crippen MR) is 57.9 cm³/mol. The molecular weight excluding hydrogens is 164 g/mol. The van der Waals surface area contributed by atoms with Gasteiger partial charge >= 0.3 is 0 Å². The van der Waals surface area contributed by atoms with Crippen molar-refractivity contribution in [3.8, 4) is 0 Å². The molecule has 13 heavy (non-hydrogen) atoms. The molecule has 1 amide bonds. The zero-order valence-corrected chi connectivity index (χ0v) is 8.37. The normalized spacial score (nSPS) is 12.7. The lowest BCUT2D eigenvalue weighted by atomic mass is 10.3. The standard InChI is InChI=1S/C10H16N2O.H2/c1-4-10(8-11-5-2)6-7-12-9(3)13;/h4,6-8H,5H2,1-3H3,(H,12,13);1H/b7-6+,10-4-,11-8?;. The van der Waals surface area contributed by atoms with Crippen molar-refractivity contribution in [3.05, 3.63) is 23.9 Å². The van der Waals surface area contributed by atoms with Gasteiger partial charge in [-0.2, -0.15) is 0 Å². The number of hydrogen-bond donors (Lipinski definition) is 1. The van der Waals surface area contributed by atoms with Crippen molar-refractivity contribution in [1.82, 2.24) is 5.32 Å². The molecule has 0 aromatic rings. The summed E-state index contributed by atoms with van der Waals surface area (Å²) in [7, 11) is 0. The van der Waals surface area contributed by atoms with Crippen LogP contribution in [0.15, 0.2) is 28.9 Å². The molecule has 0 saturated heterocycles. The van der Waals surface area contributed by atoms with E-state index >= 15 is 0 Å². The lowest BCUT2D eigenvalue weighted by Gasteiger charge is -1.92. The molecule has 0 aromatic carbocycles. The van der Waals surface area contributed by atoms with Crippen molar-refractivity contribution in [2.45, 2.75) is 20.8 Å². The number of hydrogen-bond acceptors (Lipinski definition) is 2. The van der Waals surface area contributed by atoms with Crippen molar-refractivity contribution in [2.75, 3.05) is 6.54 Å². The summed E-state index contributed by atoms with van der Waals surface area (Å²) in [6.07, 6.45) is 7.12. The second-order valence-electron chi connectivity index (χ2n) is 2.45. The molecule has 0 spiro atoms. The van der Waals surface area contributed by atoms with E-state index in [-0.39, 0.29) is 7.33 Å². The fraction of sp³-hybridized carbons (Fsp3) is 0.400. The third kappa shape index (κ3) is 7.00. The van der Waals surface area contributed by atoms with Crippen molar-refractivity contribution in [2.24, 2.45) is 4.99 Å². The van der Waals surface area contributed by atoms with Crippen LogP contribution in [0, 0.1) is 0 Å². The Morgan fingerprint density at radius 2 is 2.31 bits per heavy atom. The number of carbonyl (C=O) groups is 1. The second-order valence-corrected chi connectivity index (χ2v) is 2.45. The number of carbonyl (C=O) groups excluding carboxylic acids is 1. The van der Waals surface area contributed by atoms with Crippen LogP contribution in [0.4, 0.5) is 0 Å². The summed E-state index contributed by atoms with van der Waals surface area (Å²) in [5.74, 6) is -0.0702. The van der Waals surface area contributed by atoms with Crippen molar-refractivity contribution in [3.63, 3.8) is 0 Å². The van der Waals surface area contributed by atoms with Gasteiger partial charge in [-0.1, -0.05) is 6.08 Å². The van der Waals surface area contributed by atoms with Crippen LogP contribution in [0.2, 0.25) is 0 Å². The molecule has 0 heterocycles. The van der Waals surface area contributed by atoms with Gasteiger partial charge in [-0.3, -0.25) is 9.79 Å². The Bertz CT molecular complexity index is 245. The minimum Gasteiger partial charge on any atom is -0.333 e. The van der Waals surface area contributed by atoms with Crippen LogP contribution in [-0.2, 0) is 4.79 Å². The van der Waals surface area contributed by atoms with E-state index in [1.54, 1.807) is 18.5 Å². The van der Waals surface area contributed by atoms with Crippen LogP contribution in [-0.4, -0.2) is 18.7 Å². The van der Waals surface area contributed by atoms with Gasteiger partial charge in [-0.25, -0.2) is 0 Å². The van der Waals surface area contributed by atoms with E-state index in [0.717, 1.165) is 12.1 Å². The number of allylic oxidation sites excluding steroid dienone is 3. The first-order valence-corrected chi connectivity index (χ1v) is 4.30. The molecule has 0 aromatic heterocycles. The largest absolute Gasteiger partial charge is 0.333 e. The highest BCUT2D eigenvalue weighted by Gasteiger charge is 1.85. The molecule has 0 aliphatic rings. The zero-order chi connectivity index (χ0) is 10.1. The number of nitrogens with zero attached hydrogens (tertiary/aromatic N) is 1. The fourth-order valence-corrected chi connectivity index (χ4v) is 0.666. The van der Waals surface area contributed by atoms with Gasteiger partial charge < -0.3 is 5.32 Å². The monoisotopic (exact) mass is 182 g/mol. The molecule has 0 radical (unpaired) electrons. The first-order chi connectivity index (χ1) is 6.20. The Kier molecular flexibility index (Phi) is 6.51. The molecule has 0 fully saturated rings. The van der Waals surface area contributed by atoms with Crippen molar-refractivity contribution in [1.29, 1.82) is 0 Å². The molecule has 0 aliphatic carbocycles. The van der Waals surface area contributed by atoms with Crippen LogP contribution in [0.25, 0.3) is 0 Å². The van der Waals surface area contributed by atoms with E-state index in [1.807, 2.05) is 19.9 Å². The van der Waals surface area contributed by atoms with E-state index in [0.29, 0.717) is 0 Å². The highest BCUT2D eigenvalue weighted by atomic mass is 16.1. The third-order valence-corrected chi connectivity index (χ3v) is 1.32. The third-order valence-electron chi connectivity index (χ3n) is 1.32. The summed E-state index contributed by atoms with van der Waals surface area (Å²) in [6, 6.07) is 0. The molecule has 1 N–H and O–H groups in total. The van der Waals surface area contributed by atoms with E-state index in [4.69, 9.17) is 0 Å². The van der Waals surface area contributed by atoms with Gasteiger partial charge in [0.05, 0.1) is 0 Å². The maximum absolute atomic E-state index is 10.5. The minimum absolute atomic E-state index is 0. The van der Waals surface area contributed by atoms with E-state index in [9.17, 15) is 4.79 Å². The van der Waals surface area contributed by atoms with Gasteiger partial charge in [0.25, 0.3) is 0 Å². The van der Waals surface area contributed by atoms with Crippen LogP contribution < -0.4 is 5.32 Å². The summed E-state index contributed by atoms with van der Waals surface area (Å²) < 4.78 is 0. The van der Waals surface area contributed by atoms with Crippen LogP contribution in [0.5, 0.6) is 0 Å². The van der Waals surface area contributed by atoms with E-state index < -0.39 is 0 Å². The SMILES string of the molecule is C/C=C(C=NCC)/C=C/NC(C)=O.[HH]. The minimum atomic E-state index is -0.0702. The molecule has 3 nitrogen and oxygen atoms in total. The van der Waals surface area contributed by atoms with E-state index in [2.05, 4.69) is 10.3 Å². The van der Waals surface area contributed by atoms with Crippen LogP contribution in [0.3, 0.4) is 0 Å². The Morgan fingerprint density at radius 1 is 1.62 bits per heavy atom. The smallest absolute Gasteiger partial charge is 0.220 e. The van der Waals surface area contributed by atoms with Gasteiger partial charge in [-0.05, 0) is 25.5 Å². The molecule has 0 saturated carbocycles. The predicted octanol–water partition coefficient (Wildman–Crippen LogP) is 1.92. The van der Waals surface area contributed by atoms with Crippen molar-refractivity contribution < 1.29 is 6.22 Å². The molecule has 0 bridgehead atoms. The van der Waals surface area contributed by atoms with Crippen LogP contribution >= 0.6 is 0 Å². The molecule has 74 valence electrons. The zero-order valence-electron chi connectivity index (χ0n) is 8.37. The summed E-state index contributed by atoms with van der Waals surface area (Å²) in [4.78, 5) is 14.6. The molecule has 0 aliphatic heterocycles. The molecule has 0 atom stereocenters. The average Bonchev–Trinajstić information content (AvgIpc) is 2.10. The lowest BCUT2D eigenvalue weighted by molar-refractivity contribution is -0.118. The van der Waals surface area contributed by atoms with Gasteiger partial charge in [0.1, 0.15) is 0 Å². The Hall–Kier alpha value is -1.38. The molecular formula is C10H18N2O. The summed E-state index contributed by atoms with van der Waals surface area (Å²) in [5.41, 5.74) is 0.982. The summed E-state index contributed by atoms with van der Waals surface area (Å²) in [5, 5.41) is 2.56. The average molecular weight is 182 g/mol. The Balaban J connectivity index is 0. The van der Waals surface area contributed by atoms with Crippen LogP contribution in [0.1, 0.15) is 22.2 Å². The Labute approximate surface area is 80.7 Å². The van der Waals surface area contributed by atoms with Gasteiger partial charge in [0, 0.05) is 27.3 Å².